The van der Waals surface area contributed by atoms with Gasteiger partial charge in [0.15, 0.2) is 0 Å². The first-order valence-corrected chi connectivity index (χ1v) is 5.11. The molecule has 0 radical (unpaired) electrons. The van der Waals surface area contributed by atoms with Gasteiger partial charge in [-0.3, -0.25) is 9.36 Å². The van der Waals surface area contributed by atoms with Crippen molar-refractivity contribution in [3.8, 4) is 0 Å². The summed E-state index contributed by atoms with van der Waals surface area (Å²) in [6.45, 7) is 0.398. The van der Waals surface area contributed by atoms with Crippen molar-refractivity contribution in [2.75, 3.05) is 5.73 Å². The average molecular weight is 236 g/mol. The molecule has 5 heteroatoms. The zero-order chi connectivity index (χ0) is 11.5. The number of anilines is 1. The van der Waals surface area contributed by atoms with E-state index in [0.717, 1.165) is 5.56 Å². The third-order valence-corrected chi connectivity index (χ3v) is 2.38. The smallest absolute Gasteiger partial charge is 0.256 e. The summed E-state index contributed by atoms with van der Waals surface area (Å²) in [5.74, 6) is 0.126. The van der Waals surface area contributed by atoms with Gasteiger partial charge in [-0.1, -0.05) is 41.9 Å². The fraction of sp³-hybridized carbons (Fsp3) is 0.0909. The molecule has 0 aliphatic heterocycles. The molecule has 1 aromatic heterocycles. The fourth-order valence-electron chi connectivity index (χ4n) is 1.42. The van der Waals surface area contributed by atoms with E-state index in [9.17, 15) is 4.79 Å². The van der Waals surface area contributed by atoms with Crippen LogP contribution in [0.2, 0.25) is 5.15 Å². The number of hydrogen-bond acceptors (Lipinski definition) is 3. The van der Waals surface area contributed by atoms with E-state index in [1.54, 1.807) is 0 Å². The van der Waals surface area contributed by atoms with Crippen LogP contribution in [0.25, 0.3) is 0 Å². The van der Waals surface area contributed by atoms with Crippen LogP contribution >= 0.6 is 11.6 Å². The van der Waals surface area contributed by atoms with Gasteiger partial charge in [0.1, 0.15) is 5.15 Å². The second-order valence-electron chi connectivity index (χ2n) is 3.35. The fourth-order valence-corrected chi connectivity index (χ4v) is 1.60. The minimum absolute atomic E-state index is 0.117. The lowest BCUT2D eigenvalue weighted by Gasteiger charge is -2.08. The van der Waals surface area contributed by atoms with Crippen molar-refractivity contribution < 1.29 is 0 Å². The monoisotopic (exact) mass is 235 g/mol. The Hall–Kier alpha value is -1.81. The van der Waals surface area contributed by atoms with Gasteiger partial charge >= 0.3 is 0 Å². The molecule has 0 spiro atoms. The predicted octanol–water partition coefficient (Wildman–Crippen LogP) is 1.53. The lowest BCUT2D eigenvalue weighted by molar-refractivity contribution is 0.752. The van der Waals surface area contributed by atoms with Crippen molar-refractivity contribution >= 4 is 17.5 Å². The summed E-state index contributed by atoms with van der Waals surface area (Å²) in [5.41, 5.74) is 6.38. The number of aromatic nitrogens is 2. The van der Waals surface area contributed by atoms with E-state index in [2.05, 4.69) is 4.98 Å². The Bertz CT molecular complexity index is 551. The van der Waals surface area contributed by atoms with Gasteiger partial charge < -0.3 is 5.73 Å². The Morgan fingerprint density at radius 2 is 2.00 bits per heavy atom. The summed E-state index contributed by atoms with van der Waals surface area (Å²) in [6, 6.07) is 10.8. The molecule has 2 aromatic rings. The maximum Gasteiger partial charge on any atom is 0.256 e. The molecule has 1 heterocycles. The molecule has 82 valence electrons. The van der Waals surface area contributed by atoms with E-state index in [-0.39, 0.29) is 16.7 Å². The van der Waals surface area contributed by atoms with Crippen LogP contribution in [0.5, 0.6) is 0 Å². The second kappa shape index (κ2) is 4.37. The SMILES string of the molecule is Nc1nc(Cl)cc(=O)n1Cc1ccccc1. The Kier molecular flexibility index (Phi) is 2.92. The van der Waals surface area contributed by atoms with Crippen molar-refractivity contribution in [2.24, 2.45) is 0 Å². The van der Waals surface area contributed by atoms with Crippen molar-refractivity contribution in [1.82, 2.24) is 9.55 Å². The number of halogens is 1. The molecule has 16 heavy (non-hydrogen) atoms. The van der Waals surface area contributed by atoms with Gasteiger partial charge in [0, 0.05) is 6.07 Å². The summed E-state index contributed by atoms with van der Waals surface area (Å²) in [6.07, 6.45) is 0. The molecule has 2 N–H and O–H groups in total. The van der Waals surface area contributed by atoms with Gasteiger partial charge in [-0.2, -0.15) is 0 Å². The molecule has 0 unspecified atom stereocenters. The molecule has 2 rings (SSSR count). The minimum Gasteiger partial charge on any atom is -0.369 e. The first-order chi connectivity index (χ1) is 7.66. The molecular formula is C11H10ClN3O. The number of nitrogen functional groups attached to an aromatic ring is 1. The third kappa shape index (κ3) is 2.23. The highest BCUT2D eigenvalue weighted by Crippen LogP contribution is 2.06. The van der Waals surface area contributed by atoms with Crippen molar-refractivity contribution in [1.29, 1.82) is 0 Å². The number of benzene rings is 1. The minimum atomic E-state index is -0.249. The molecule has 0 aliphatic carbocycles. The van der Waals surface area contributed by atoms with Gasteiger partial charge in [0.05, 0.1) is 6.54 Å². The molecule has 0 aliphatic rings. The summed E-state index contributed by atoms with van der Waals surface area (Å²) >= 11 is 5.62. The molecular weight excluding hydrogens is 226 g/mol. The highest BCUT2D eigenvalue weighted by molar-refractivity contribution is 6.29. The van der Waals surface area contributed by atoms with Crippen LogP contribution < -0.4 is 11.3 Å². The summed E-state index contributed by atoms with van der Waals surface area (Å²) in [4.78, 5) is 15.5. The van der Waals surface area contributed by atoms with Crippen LogP contribution in [0.4, 0.5) is 5.95 Å². The largest absolute Gasteiger partial charge is 0.369 e. The summed E-state index contributed by atoms with van der Waals surface area (Å²) in [5, 5.41) is 0.117. The third-order valence-electron chi connectivity index (χ3n) is 2.19. The average Bonchev–Trinajstić information content (AvgIpc) is 2.25. The molecule has 0 amide bonds. The van der Waals surface area contributed by atoms with Crippen LogP contribution in [0.15, 0.2) is 41.2 Å². The number of hydrogen-bond donors (Lipinski definition) is 1. The van der Waals surface area contributed by atoms with Crippen molar-refractivity contribution in [3.63, 3.8) is 0 Å². The quantitative estimate of drug-likeness (QED) is 0.803. The summed E-state index contributed by atoms with van der Waals surface area (Å²) < 4.78 is 1.38. The van der Waals surface area contributed by atoms with Crippen LogP contribution in [-0.4, -0.2) is 9.55 Å². The van der Waals surface area contributed by atoms with Crippen LogP contribution in [0, 0.1) is 0 Å². The Morgan fingerprint density at radius 1 is 1.31 bits per heavy atom. The highest BCUT2D eigenvalue weighted by atomic mass is 35.5. The van der Waals surface area contributed by atoms with E-state index < -0.39 is 0 Å². The maximum absolute atomic E-state index is 11.6. The van der Waals surface area contributed by atoms with Gasteiger partial charge in [-0.15, -0.1) is 0 Å². The molecule has 0 fully saturated rings. The lowest BCUT2D eigenvalue weighted by Crippen LogP contribution is -2.24. The zero-order valence-electron chi connectivity index (χ0n) is 8.43. The van der Waals surface area contributed by atoms with Gasteiger partial charge in [-0.25, -0.2) is 4.98 Å². The van der Waals surface area contributed by atoms with E-state index >= 15 is 0 Å². The lowest BCUT2D eigenvalue weighted by atomic mass is 10.2. The number of nitrogens with zero attached hydrogens (tertiary/aromatic N) is 2. The van der Waals surface area contributed by atoms with E-state index in [4.69, 9.17) is 17.3 Å². The molecule has 4 nitrogen and oxygen atoms in total. The van der Waals surface area contributed by atoms with Crippen LogP contribution in [-0.2, 0) is 6.54 Å². The standard InChI is InChI=1S/C11H10ClN3O/c12-9-6-10(16)15(11(13)14-9)7-8-4-2-1-3-5-8/h1-6H,7H2,(H2,13,14). The first kappa shape index (κ1) is 10.7. The van der Waals surface area contributed by atoms with E-state index in [1.807, 2.05) is 30.3 Å². The summed E-state index contributed by atoms with van der Waals surface area (Å²) in [7, 11) is 0. The topological polar surface area (TPSA) is 60.9 Å². The predicted molar refractivity (Wildman–Crippen MR) is 63.5 cm³/mol. The van der Waals surface area contributed by atoms with Gasteiger partial charge in [0.2, 0.25) is 5.95 Å². The van der Waals surface area contributed by atoms with Crippen LogP contribution in [0.3, 0.4) is 0 Å². The van der Waals surface area contributed by atoms with Gasteiger partial charge in [-0.05, 0) is 5.56 Å². The number of rotatable bonds is 2. The van der Waals surface area contributed by atoms with Crippen LogP contribution in [0.1, 0.15) is 5.56 Å². The zero-order valence-corrected chi connectivity index (χ0v) is 9.19. The molecule has 0 saturated carbocycles. The van der Waals surface area contributed by atoms with E-state index in [1.165, 1.54) is 10.6 Å². The first-order valence-electron chi connectivity index (χ1n) is 4.73. The normalized spacial score (nSPS) is 10.3. The Labute approximate surface area is 97.3 Å². The van der Waals surface area contributed by atoms with Gasteiger partial charge in [0.25, 0.3) is 5.56 Å². The molecule has 0 atom stereocenters. The Balaban J connectivity index is 2.39. The van der Waals surface area contributed by atoms with Crippen molar-refractivity contribution in [3.05, 3.63) is 57.5 Å². The Morgan fingerprint density at radius 3 is 2.62 bits per heavy atom. The molecule has 1 aromatic carbocycles. The van der Waals surface area contributed by atoms with E-state index in [0.29, 0.717) is 6.54 Å². The maximum atomic E-state index is 11.6. The molecule has 0 bridgehead atoms. The highest BCUT2D eigenvalue weighted by Gasteiger charge is 2.04. The number of nitrogens with two attached hydrogens (primary N) is 1. The molecule has 0 saturated heterocycles. The van der Waals surface area contributed by atoms with Crippen molar-refractivity contribution in [2.45, 2.75) is 6.54 Å². The second-order valence-corrected chi connectivity index (χ2v) is 3.73.